The average molecular weight is 501 g/mol. The minimum Gasteiger partial charge on any atom is -0.367 e. The maximum atomic E-state index is 10.5. The molecule has 0 saturated heterocycles. The number of aliphatic hydroxyl groups is 2. The molecule has 1 saturated carbocycles. The first-order valence-electron chi connectivity index (χ1n) is 10.9. The van der Waals surface area contributed by atoms with Gasteiger partial charge in [-0.1, -0.05) is 60.7 Å². The van der Waals surface area contributed by atoms with E-state index in [0.717, 1.165) is 0 Å². The molecule has 5 rings (SSSR count). The Labute approximate surface area is 208 Å². The molecule has 0 bridgehead atoms. The Hall–Kier alpha value is -2.75. The predicted molar refractivity (Wildman–Crippen MR) is 134 cm³/mol. The minimum absolute atomic E-state index is 0. The zero-order chi connectivity index (χ0) is 23.0. The molecular formula is C24H26Cl2N6O2. The highest BCUT2D eigenvalue weighted by Gasteiger charge is 2.45. The first-order chi connectivity index (χ1) is 15.9. The van der Waals surface area contributed by atoms with Gasteiger partial charge in [0, 0.05) is 24.9 Å². The first kappa shape index (κ1) is 24.4. The van der Waals surface area contributed by atoms with E-state index in [-0.39, 0.29) is 36.1 Å². The van der Waals surface area contributed by atoms with E-state index < -0.39 is 11.8 Å². The molecule has 1 aliphatic rings. The molecule has 1 aliphatic carbocycles. The van der Waals surface area contributed by atoms with Gasteiger partial charge in [0.25, 0.3) is 0 Å². The van der Waals surface area contributed by atoms with Gasteiger partial charge in [-0.3, -0.25) is 0 Å². The molecule has 2 atom stereocenters. The van der Waals surface area contributed by atoms with Crippen LogP contribution in [0.25, 0.3) is 11.2 Å². The normalized spacial score (nSPS) is 19.3. The number of hydrogen-bond donors (Lipinski definition) is 4. The van der Waals surface area contributed by atoms with Crippen LogP contribution in [0.1, 0.15) is 35.9 Å². The van der Waals surface area contributed by atoms with Gasteiger partial charge in [-0.2, -0.15) is 9.97 Å². The van der Waals surface area contributed by atoms with Crippen LogP contribution < -0.4 is 11.1 Å². The maximum Gasteiger partial charge on any atom is 0.226 e. The van der Waals surface area contributed by atoms with Gasteiger partial charge in [0.15, 0.2) is 22.8 Å². The molecule has 0 spiro atoms. The van der Waals surface area contributed by atoms with Crippen molar-refractivity contribution in [3.8, 4) is 0 Å². The maximum absolute atomic E-state index is 10.5. The van der Waals surface area contributed by atoms with Crippen LogP contribution in [-0.4, -0.2) is 48.1 Å². The fourth-order valence-corrected chi connectivity index (χ4v) is 4.82. The van der Waals surface area contributed by atoms with Crippen molar-refractivity contribution in [2.75, 3.05) is 11.9 Å². The lowest BCUT2D eigenvalue weighted by Crippen LogP contribution is -2.34. The van der Waals surface area contributed by atoms with Crippen LogP contribution in [0.15, 0.2) is 67.0 Å². The summed E-state index contributed by atoms with van der Waals surface area (Å²) in [6.07, 6.45) is 2.01. The van der Waals surface area contributed by atoms with Crippen LogP contribution in [0.4, 0.5) is 5.82 Å². The summed E-state index contributed by atoms with van der Waals surface area (Å²) in [5.74, 6) is -1.37. The molecule has 0 aliphatic heterocycles. The second-order valence-corrected chi connectivity index (χ2v) is 8.85. The van der Waals surface area contributed by atoms with Gasteiger partial charge in [0.2, 0.25) is 5.28 Å². The second kappa shape index (κ2) is 9.85. The number of imidazole rings is 1. The van der Waals surface area contributed by atoms with Crippen molar-refractivity contribution in [2.45, 2.75) is 36.6 Å². The number of benzene rings is 2. The molecule has 4 aromatic rings. The third-order valence-electron chi connectivity index (χ3n) is 6.23. The fraction of sp³-hybridized carbons (Fsp3) is 0.292. The summed E-state index contributed by atoms with van der Waals surface area (Å²) in [5, 5.41) is 24.4. The first-order valence-corrected chi connectivity index (χ1v) is 11.2. The molecule has 8 nitrogen and oxygen atoms in total. The summed E-state index contributed by atoms with van der Waals surface area (Å²) in [6, 6.07) is 19.5. The molecule has 0 unspecified atom stereocenters. The van der Waals surface area contributed by atoms with Crippen molar-refractivity contribution < 1.29 is 10.2 Å². The lowest BCUT2D eigenvalue weighted by Gasteiger charge is -2.25. The summed E-state index contributed by atoms with van der Waals surface area (Å²) >= 11 is 6.26. The molecule has 10 heteroatoms. The quantitative estimate of drug-likeness (QED) is 0.236. The predicted octanol–water partition coefficient (Wildman–Crippen LogP) is 3.49. The van der Waals surface area contributed by atoms with E-state index in [4.69, 9.17) is 17.3 Å². The Morgan fingerprint density at radius 1 is 1.06 bits per heavy atom. The molecule has 2 heterocycles. The number of hydrogen-bond acceptors (Lipinski definition) is 7. The van der Waals surface area contributed by atoms with Gasteiger partial charge in [-0.25, -0.2) is 4.98 Å². The molecule has 34 heavy (non-hydrogen) atoms. The minimum atomic E-state index is -1.94. The third-order valence-corrected chi connectivity index (χ3v) is 6.40. The van der Waals surface area contributed by atoms with Gasteiger partial charge in [-0.05, 0) is 29.1 Å². The Balaban J connectivity index is 0.00000274. The van der Waals surface area contributed by atoms with Gasteiger partial charge in [0.1, 0.15) is 0 Å². The van der Waals surface area contributed by atoms with Crippen LogP contribution in [0.5, 0.6) is 0 Å². The molecule has 5 N–H and O–H groups in total. The smallest absolute Gasteiger partial charge is 0.226 e. The van der Waals surface area contributed by atoms with E-state index in [1.807, 2.05) is 36.4 Å². The van der Waals surface area contributed by atoms with Crippen molar-refractivity contribution in [2.24, 2.45) is 5.73 Å². The zero-order valence-electron chi connectivity index (χ0n) is 18.3. The molecule has 2 aromatic heterocycles. The topological polar surface area (TPSA) is 122 Å². The van der Waals surface area contributed by atoms with Crippen LogP contribution in [0.2, 0.25) is 5.28 Å². The lowest BCUT2D eigenvalue weighted by molar-refractivity contribution is -0.179. The van der Waals surface area contributed by atoms with E-state index in [0.29, 0.717) is 29.9 Å². The second-order valence-electron chi connectivity index (χ2n) is 8.51. The van der Waals surface area contributed by atoms with Crippen molar-refractivity contribution in [3.63, 3.8) is 0 Å². The summed E-state index contributed by atoms with van der Waals surface area (Å²) in [6.45, 7) is 0.557. The van der Waals surface area contributed by atoms with Crippen molar-refractivity contribution in [1.82, 2.24) is 19.5 Å². The van der Waals surface area contributed by atoms with E-state index in [1.165, 1.54) is 17.5 Å². The molecular weight excluding hydrogens is 475 g/mol. The van der Waals surface area contributed by atoms with E-state index in [9.17, 15) is 10.2 Å². The molecule has 0 radical (unpaired) electrons. The molecule has 0 amide bonds. The fourth-order valence-electron chi connectivity index (χ4n) is 4.66. The molecule has 1 fully saturated rings. The average Bonchev–Trinajstić information content (AvgIpc) is 3.33. The Bertz CT molecular complexity index is 1210. The Morgan fingerprint density at radius 3 is 2.24 bits per heavy atom. The van der Waals surface area contributed by atoms with Crippen LogP contribution in [0.3, 0.4) is 0 Å². The van der Waals surface area contributed by atoms with Crippen molar-refractivity contribution >= 4 is 41.0 Å². The van der Waals surface area contributed by atoms with Gasteiger partial charge < -0.3 is 25.8 Å². The Kier molecular flexibility index (Phi) is 7.06. The molecule has 178 valence electrons. The number of nitrogens with two attached hydrogens (primary N) is 1. The summed E-state index contributed by atoms with van der Waals surface area (Å²) in [7, 11) is 0. The number of nitrogens with one attached hydrogen (secondary N) is 1. The Morgan fingerprint density at radius 2 is 1.68 bits per heavy atom. The standard InChI is InChI=1S/C24H25ClN6O2.ClH/c25-23-29-21(20-22(30-23)31(14-28-20)19-11-17(26)12-24(19,32)33)27-13-18(15-7-3-1-4-8-15)16-9-5-2-6-10-16;/h1-10,14,17-19,32-33H,11-13,26H2,(H,27,29,30);1H/t17-,19+;/m0./s1. The highest BCUT2D eigenvalue weighted by Crippen LogP contribution is 2.39. The zero-order valence-corrected chi connectivity index (χ0v) is 19.8. The monoisotopic (exact) mass is 500 g/mol. The number of rotatable bonds is 6. The van der Waals surface area contributed by atoms with Crippen molar-refractivity contribution in [3.05, 3.63) is 83.4 Å². The van der Waals surface area contributed by atoms with E-state index >= 15 is 0 Å². The summed E-state index contributed by atoms with van der Waals surface area (Å²) in [4.78, 5) is 13.2. The summed E-state index contributed by atoms with van der Waals surface area (Å²) in [5.41, 5.74) is 9.26. The lowest BCUT2D eigenvalue weighted by atomic mass is 9.91. The van der Waals surface area contributed by atoms with E-state index in [1.54, 1.807) is 4.57 Å². The van der Waals surface area contributed by atoms with E-state index in [2.05, 4.69) is 44.5 Å². The molecule has 2 aromatic carbocycles. The highest BCUT2D eigenvalue weighted by atomic mass is 35.5. The van der Waals surface area contributed by atoms with Crippen LogP contribution >= 0.6 is 24.0 Å². The van der Waals surface area contributed by atoms with Crippen LogP contribution in [0, 0.1) is 0 Å². The van der Waals surface area contributed by atoms with Crippen LogP contribution in [-0.2, 0) is 0 Å². The van der Waals surface area contributed by atoms with Gasteiger partial charge in [0.05, 0.1) is 12.4 Å². The number of nitrogens with zero attached hydrogens (tertiary/aromatic N) is 4. The summed E-state index contributed by atoms with van der Waals surface area (Å²) < 4.78 is 1.63. The number of halogens is 2. The largest absolute Gasteiger partial charge is 0.367 e. The number of anilines is 1. The van der Waals surface area contributed by atoms with Crippen molar-refractivity contribution in [1.29, 1.82) is 0 Å². The van der Waals surface area contributed by atoms with Gasteiger partial charge >= 0.3 is 0 Å². The highest BCUT2D eigenvalue weighted by molar-refractivity contribution is 6.28. The third kappa shape index (κ3) is 4.73. The van der Waals surface area contributed by atoms with Gasteiger partial charge in [-0.15, -0.1) is 12.4 Å². The number of aromatic nitrogens is 4. The SMILES string of the molecule is Cl.N[C@H]1C[C@@H](n2cnc3c(NCC(c4ccccc4)c4ccccc4)nc(Cl)nc32)C(O)(O)C1. The number of fused-ring (bicyclic) bond motifs is 1.